The number of rotatable bonds is 8. The Balaban J connectivity index is 1.79. The lowest BCUT2D eigenvalue weighted by atomic mass is 10.3. The van der Waals surface area contributed by atoms with Gasteiger partial charge in [0, 0.05) is 19.8 Å². The lowest BCUT2D eigenvalue weighted by Gasteiger charge is -2.08. The Hall–Kier alpha value is -1.05. The zero-order valence-electron chi connectivity index (χ0n) is 10.9. The molecule has 112 valence electrons. The highest BCUT2D eigenvalue weighted by molar-refractivity contribution is 7.89. The molecule has 7 heteroatoms. The first-order valence-electron chi connectivity index (χ1n) is 6.51. The van der Waals surface area contributed by atoms with Gasteiger partial charge in [0.25, 0.3) is 0 Å². The maximum Gasteiger partial charge on any atom is 0.243 e. The Bertz CT molecular complexity index is 559. The van der Waals surface area contributed by atoms with E-state index in [-0.39, 0.29) is 6.54 Å². The van der Waals surface area contributed by atoms with Gasteiger partial charge in [-0.2, -0.15) is 0 Å². The molecule has 1 saturated carbocycles. The summed E-state index contributed by atoms with van der Waals surface area (Å²) in [5, 5.41) is 0. The number of hydrogen-bond donors (Lipinski definition) is 1. The third-order valence-electron chi connectivity index (χ3n) is 2.99. The Kier molecular flexibility index (Phi) is 5.06. The zero-order valence-corrected chi connectivity index (χ0v) is 11.8. The molecule has 0 aromatic heterocycles. The summed E-state index contributed by atoms with van der Waals surface area (Å²) in [6.45, 7) is 1.29. The maximum absolute atomic E-state index is 13.4. The van der Waals surface area contributed by atoms with Gasteiger partial charge in [-0.3, -0.25) is 0 Å². The van der Waals surface area contributed by atoms with Crippen LogP contribution in [0.25, 0.3) is 0 Å². The largest absolute Gasteiger partial charge is 0.381 e. The first-order valence-corrected chi connectivity index (χ1v) is 8.00. The quantitative estimate of drug-likeness (QED) is 0.748. The van der Waals surface area contributed by atoms with Crippen LogP contribution < -0.4 is 4.72 Å². The van der Waals surface area contributed by atoms with E-state index >= 15 is 0 Å². The number of benzene rings is 1. The van der Waals surface area contributed by atoms with E-state index in [1.165, 1.54) is 12.8 Å². The van der Waals surface area contributed by atoms with E-state index in [9.17, 15) is 17.2 Å². The molecule has 0 spiro atoms. The van der Waals surface area contributed by atoms with Crippen molar-refractivity contribution in [3.05, 3.63) is 29.8 Å². The number of halogens is 2. The Morgan fingerprint density at radius 3 is 2.75 bits per heavy atom. The van der Waals surface area contributed by atoms with Crippen molar-refractivity contribution in [2.45, 2.75) is 24.2 Å². The second kappa shape index (κ2) is 6.60. The molecule has 20 heavy (non-hydrogen) atoms. The number of nitrogens with one attached hydrogen (secondary N) is 1. The van der Waals surface area contributed by atoms with Gasteiger partial charge in [-0.15, -0.1) is 0 Å². The smallest absolute Gasteiger partial charge is 0.243 e. The Morgan fingerprint density at radius 2 is 2.05 bits per heavy atom. The van der Waals surface area contributed by atoms with Gasteiger partial charge in [0.1, 0.15) is 16.5 Å². The van der Waals surface area contributed by atoms with Crippen molar-refractivity contribution >= 4 is 10.0 Å². The normalized spacial score (nSPS) is 15.5. The van der Waals surface area contributed by atoms with Gasteiger partial charge < -0.3 is 4.74 Å². The third-order valence-corrected chi connectivity index (χ3v) is 4.47. The van der Waals surface area contributed by atoms with E-state index in [0.29, 0.717) is 31.6 Å². The van der Waals surface area contributed by atoms with Crippen LogP contribution in [0.3, 0.4) is 0 Å². The summed E-state index contributed by atoms with van der Waals surface area (Å²) in [7, 11) is -4.03. The molecule has 1 aromatic carbocycles. The van der Waals surface area contributed by atoms with Crippen LogP contribution in [0.5, 0.6) is 0 Å². The van der Waals surface area contributed by atoms with Crippen LogP contribution in [-0.2, 0) is 14.8 Å². The van der Waals surface area contributed by atoms with Gasteiger partial charge in [0.05, 0.1) is 0 Å². The molecule has 1 aromatic rings. The molecule has 0 saturated heterocycles. The van der Waals surface area contributed by atoms with Gasteiger partial charge in [-0.05, 0) is 43.4 Å². The summed E-state index contributed by atoms with van der Waals surface area (Å²) in [6, 6.07) is 2.34. The van der Waals surface area contributed by atoms with Crippen LogP contribution in [0.15, 0.2) is 23.1 Å². The second-order valence-corrected chi connectivity index (χ2v) is 6.58. The fourth-order valence-electron chi connectivity index (χ4n) is 1.68. The lowest BCUT2D eigenvalue weighted by molar-refractivity contribution is 0.123. The molecule has 0 atom stereocenters. The standard InChI is InChI=1S/C13H17F2NO3S/c14-11-4-5-12(15)13(8-11)20(17,18)16-6-1-7-19-9-10-2-3-10/h4-5,8,10,16H,1-3,6-7,9H2. The molecule has 2 rings (SSSR count). The van der Waals surface area contributed by atoms with E-state index in [1.54, 1.807) is 0 Å². The summed E-state index contributed by atoms with van der Waals surface area (Å²) in [6.07, 6.45) is 2.89. The molecule has 1 aliphatic carbocycles. The van der Waals surface area contributed by atoms with E-state index in [1.807, 2.05) is 0 Å². The molecule has 4 nitrogen and oxygen atoms in total. The van der Waals surface area contributed by atoms with Crippen molar-refractivity contribution in [2.75, 3.05) is 19.8 Å². The van der Waals surface area contributed by atoms with Crippen LogP contribution in [0.4, 0.5) is 8.78 Å². The van der Waals surface area contributed by atoms with Gasteiger partial charge in [0.15, 0.2) is 0 Å². The van der Waals surface area contributed by atoms with E-state index in [4.69, 9.17) is 4.74 Å². The lowest BCUT2D eigenvalue weighted by Crippen LogP contribution is -2.26. The molecule has 0 aliphatic heterocycles. The molecule has 1 aliphatic rings. The average Bonchev–Trinajstić information content (AvgIpc) is 3.20. The number of ether oxygens (including phenoxy) is 1. The van der Waals surface area contributed by atoms with Crippen molar-refractivity contribution in [1.29, 1.82) is 0 Å². The highest BCUT2D eigenvalue weighted by atomic mass is 32.2. The minimum Gasteiger partial charge on any atom is -0.381 e. The monoisotopic (exact) mass is 305 g/mol. The SMILES string of the molecule is O=S(=O)(NCCCOCC1CC1)c1cc(F)ccc1F. The van der Waals surface area contributed by atoms with Crippen molar-refractivity contribution in [2.24, 2.45) is 5.92 Å². The third kappa shape index (κ3) is 4.50. The highest BCUT2D eigenvalue weighted by Gasteiger charge is 2.21. The molecule has 0 heterocycles. The minimum atomic E-state index is -4.03. The molecular formula is C13H17F2NO3S. The van der Waals surface area contributed by atoms with Crippen LogP contribution >= 0.6 is 0 Å². The predicted octanol–water partition coefficient (Wildman–Crippen LogP) is 2.06. The first-order chi connectivity index (χ1) is 9.49. The second-order valence-electron chi connectivity index (χ2n) is 4.84. The van der Waals surface area contributed by atoms with Crippen LogP contribution in [0.2, 0.25) is 0 Å². The van der Waals surface area contributed by atoms with E-state index in [0.717, 1.165) is 12.1 Å². The minimum absolute atomic E-state index is 0.128. The molecule has 0 radical (unpaired) electrons. The summed E-state index contributed by atoms with van der Waals surface area (Å²) < 4.78 is 57.5. The summed E-state index contributed by atoms with van der Waals surface area (Å²) in [4.78, 5) is -0.670. The van der Waals surface area contributed by atoms with Crippen LogP contribution in [-0.4, -0.2) is 28.2 Å². The van der Waals surface area contributed by atoms with Gasteiger partial charge in [-0.1, -0.05) is 0 Å². The van der Waals surface area contributed by atoms with Crippen molar-refractivity contribution in [3.8, 4) is 0 Å². The topological polar surface area (TPSA) is 55.4 Å². The molecular weight excluding hydrogens is 288 g/mol. The Labute approximate surface area is 117 Å². The van der Waals surface area contributed by atoms with Gasteiger partial charge in [0.2, 0.25) is 10.0 Å². The molecule has 0 unspecified atom stereocenters. The summed E-state index contributed by atoms with van der Waals surface area (Å²) in [5.74, 6) is -1.10. The molecule has 1 N–H and O–H groups in total. The zero-order chi connectivity index (χ0) is 14.6. The van der Waals surface area contributed by atoms with Crippen LogP contribution in [0.1, 0.15) is 19.3 Å². The van der Waals surface area contributed by atoms with Crippen molar-refractivity contribution in [3.63, 3.8) is 0 Å². The fourth-order valence-corrected chi connectivity index (χ4v) is 2.84. The molecule has 1 fully saturated rings. The van der Waals surface area contributed by atoms with Gasteiger partial charge in [-0.25, -0.2) is 21.9 Å². The maximum atomic E-state index is 13.4. The highest BCUT2D eigenvalue weighted by Crippen LogP contribution is 2.28. The van der Waals surface area contributed by atoms with Crippen molar-refractivity contribution in [1.82, 2.24) is 4.72 Å². The summed E-state index contributed by atoms with van der Waals surface area (Å²) >= 11 is 0. The molecule has 0 amide bonds. The summed E-state index contributed by atoms with van der Waals surface area (Å²) in [5.41, 5.74) is 0. The Morgan fingerprint density at radius 1 is 1.30 bits per heavy atom. The van der Waals surface area contributed by atoms with E-state index < -0.39 is 26.6 Å². The molecule has 0 bridgehead atoms. The van der Waals surface area contributed by atoms with E-state index in [2.05, 4.69) is 4.72 Å². The van der Waals surface area contributed by atoms with Crippen LogP contribution in [0, 0.1) is 17.6 Å². The fraction of sp³-hybridized carbons (Fsp3) is 0.538. The predicted molar refractivity (Wildman–Crippen MR) is 69.7 cm³/mol. The average molecular weight is 305 g/mol. The first kappa shape index (κ1) is 15.3. The number of sulfonamides is 1. The van der Waals surface area contributed by atoms with Gasteiger partial charge >= 0.3 is 0 Å². The van der Waals surface area contributed by atoms with Crippen molar-refractivity contribution < 1.29 is 21.9 Å². The number of hydrogen-bond acceptors (Lipinski definition) is 3.